The maximum atomic E-state index is 9.42. The second kappa shape index (κ2) is 3.31. The largest absolute Gasteiger partial charge is 0.508 e. The fourth-order valence-corrected chi connectivity index (χ4v) is 1.77. The number of rotatable bonds is 2. The highest BCUT2D eigenvalue weighted by atomic mass is 16.3. The van der Waals surface area contributed by atoms with Crippen molar-refractivity contribution in [3.8, 4) is 5.75 Å². The fraction of sp³-hybridized carbons (Fsp3) is 0.273. The van der Waals surface area contributed by atoms with Gasteiger partial charge < -0.3 is 10.5 Å². The van der Waals surface area contributed by atoms with Gasteiger partial charge in [0, 0.05) is 11.3 Å². The average molecular weight is 216 g/mol. The third kappa shape index (κ3) is 1.45. The van der Waals surface area contributed by atoms with E-state index in [0.29, 0.717) is 11.7 Å². The lowest BCUT2D eigenvalue weighted by Gasteiger charge is -2.07. The summed E-state index contributed by atoms with van der Waals surface area (Å²) in [5.74, 6) is 7.51. The number of benzene rings is 1. The van der Waals surface area contributed by atoms with Crippen LogP contribution >= 0.6 is 0 Å². The summed E-state index contributed by atoms with van der Waals surface area (Å²) in [6, 6.07) is 5.01. The van der Waals surface area contributed by atoms with E-state index in [1.807, 2.05) is 0 Å². The van der Waals surface area contributed by atoms with Crippen molar-refractivity contribution in [2.24, 2.45) is 5.84 Å². The first-order valence-corrected chi connectivity index (χ1v) is 5.25. The zero-order valence-electron chi connectivity index (χ0n) is 8.64. The monoisotopic (exact) mass is 216 g/mol. The second-order valence-electron chi connectivity index (χ2n) is 4.05. The number of phenols is 1. The number of anilines is 1. The Morgan fingerprint density at radius 1 is 1.31 bits per heavy atom. The number of hydrogen-bond donors (Lipinski definition) is 3. The van der Waals surface area contributed by atoms with Gasteiger partial charge in [-0.3, -0.25) is 0 Å². The van der Waals surface area contributed by atoms with Gasteiger partial charge in [0.05, 0.1) is 5.52 Å². The third-order valence-electron chi connectivity index (χ3n) is 2.78. The van der Waals surface area contributed by atoms with E-state index < -0.39 is 0 Å². The van der Waals surface area contributed by atoms with Gasteiger partial charge in [-0.1, -0.05) is 0 Å². The van der Waals surface area contributed by atoms with Crippen molar-refractivity contribution in [1.82, 2.24) is 9.97 Å². The number of nitrogens with one attached hydrogen (secondary N) is 1. The van der Waals surface area contributed by atoms with Crippen LogP contribution in [-0.2, 0) is 0 Å². The van der Waals surface area contributed by atoms with E-state index in [0.717, 1.165) is 29.6 Å². The van der Waals surface area contributed by atoms with Gasteiger partial charge in [-0.2, -0.15) is 0 Å². The molecule has 0 saturated heterocycles. The Labute approximate surface area is 92.3 Å². The molecule has 1 aliphatic rings. The summed E-state index contributed by atoms with van der Waals surface area (Å²) in [7, 11) is 0. The number of phenolic OH excluding ortho intramolecular Hbond substituents is 1. The minimum Gasteiger partial charge on any atom is -0.508 e. The molecule has 1 aromatic heterocycles. The first-order valence-electron chi connectivity index (χ1n) is 5.25. The molecular formula is C11H12N4O. The minimum absolute atomic E-state index is 0.187. The Morgan fingerprint density at radius 3 is 2.81 bits per heavy atom. The van der Waals surface area contributed by atoms with Crippen LogP contribution in [0.3, 0.4) is 0 Å². The lowest BCUT2D eigenvalue weighted by Crippen LogP contribution is -2.11. The smallest absolute Gasteiger partial charge is 0.151 e. The Balaban J connectivity index is 2.25. The van der Waals surface area contributed by atoms with Gasteiger partial charge in [-0.05, 0) is 31.0 Å². The van der Waals surface area contributed by atoms with Crippen molar-refractivity contribution in [3.05, 3.63) is 24.0 Å². The van der Waals surface area contributed by atoms with Gasteiger partial charge in [-0.25, -0.2) is 15.8 Å². The first-order chi connectivity index (χ1) is 7.78. The van der Waals surface area contributed by atoms with Crippen molar-refractivity contribution in [1.29, 1.82) is 0 Å². The van der Waals surface area contributed by atoms with Crippen LogP contribution in [0.25, 0.3) is 10.9 Å². The van der Waals surface area contributed by atoms with E-state index in [-0.39, 0.29) is 5.75 Å². The van der Waals surface area contributed by atoms with Gasteiger partial charge in [0.15, 0.2) is 5.82 Å². The van der Waals surface area contributed by atoms with Crippen LogP contribution in [0.1, 0.15) is 24.6 Å². The minimum atomic E-state index is 0.187. The molecule has 0 radical (unpaired) electrons. The summed E-state index contributed by atoms with van der Waals surface area (Å²) in [5, 5.41) is 10.2. The summed E-state index contributed by atoms with van der Waals surface area (Å²) in [6.07, 6.45) is 2.29. The quantitative estimate of drug-likeness (QED) is 0.523. The van der Waals surface area contributed by atoms with Crippen LogP contribution in [0.2, 0.25) is 0 Å². The highest BCUT2D eigenvalue weighted by Gasteiger charge is 2.27. The first kappa shape index (κ1) is 9.35. The molecule has 0 amide bonds. The molecule has 3 rings (SSSR count). The fourth-order valence-electron chi connectivity index (χ4n) is 1.77. The number of aromatic hydroxyl groups is 1. The highest BCUT2D eigenvalue weighted by molar-refractivity contribution is 5.90. The van der Waals surface area contributed by atoms with Gasteiger partial charge in [0.2, 0.25) is 0 Å². The SMILES string of the molecule is NNc1nc(C2CC2)nc2ccc(O)cc12. The molecule has 1 fully saturated rings. The van der Waals surface area contributed by atoms with Crippen LogP contribution < -0.4 is 11.3 Å². The molecule has 82 valence electrons. The van der Waals surface area contributed by atoms with Gasteiger partial charge >= 0.3 is 0 Å². The predicted molar refractivity (Wildman–Crippen MR) is 61.0 cm³/mol. The molecule has 1 aromatic carbocycles. The predicted octanol–water partition coefficient (Wildman–Crippen LogP) is 1.50. The lowest BCUT2D eigenvalue weighted by molar-refractivity contribution is 0.476. The number of nitrogen functional groups attached to an aromatic ring is 1. The Bertz CT molecular complexity index is 551. The number of hydrogen-bond acceptors (Lipinski definition) is 5. The maximum Gasteiger partial charge on any atom is 0.151 e. The zero-order chi connectivity index (χ0) is 11.1. The standard InChI is InChI=1S/C11H12N4O/c12-15-11-8-5-7(16)3-4-9(8)13-10(14-11)6-1-2-6/h3-6,16H,1-2,12H2,(H,13,14,15). The summed E-state index contributed by atoms with van der Waals surface area (Å²) in [6.45, 7) is 0. The number of aromatic nitrogens is 2. The van der Waals surface area contributed by atoms with Crippen molar-refractivity contribution in [3.63, 3.8) is 0 Å². The number of nitrogens with zero attached hydrogens (tertiary/aromatic N) is 2. The molecule has 0 atom stereocenters. The molecule has 0 aliphatic heterocycles. The molecule has 0 unspecified atom stereocenters. The van der Waals surface area contributed by atoms with E-state index in [9.17, 15) is 5.11 Å². The second-order valence-corrected chi connectivity index (χ2v) is 4.05. The van der Waals surface area contributed by atoms with E-state index in [1.165, 1.54) is 0 Å². The van der Waals surface area contributed by atoms with Crippen molar-refractivity contribution < 1.29 is 5.11 Å². The molecule has 1 heterocycles. The molecule has 4 N–H and O–H groups in total. The summed E-state index contributed by atoms with van der Waals surface area (Å²) < 4.78 is 0. The number of hydrazine groups is 1. The summed E-state index contributed by atoms with van der Waals surface area (Å²) in [4.78, 5) is 8.83. The average Bonchev–Trinajstić information content (AvgIpc) is 3.11. The molecular weight excluding hydrogens is 204 g/mol. The summed E-state index contributed by atoms with van der Waals surface area (Å²) in [5.41, 5.74) is 3.37. The Morgan fingerprint density at radius 2 is 2.12 bits per heavy atom. The highest BCUT2D eigenvalue weighted by Crippen LogP contribution is 2.39. The van der Waals surface area contributed by atoms with Gasteiger partial charge in [0.1, 0.15) is 11.6 Å². The lowest BCUT2D eigenvalue weighted by atomic mass is 10.2. The Hall–Kier alpha value is -1.88. The van der Waals surface area contributed by atoms with E-state index in [4.69, 9.17) is 5.84 Å². The van der Waals surface area contributed by atoms with Crippen molar-refractivity contribution >= 4 is 16.7 Å². The van der Waals surface area contributed by atoms with Crippen molar-refractivity contribution in [2.75, 3.05) is 5.43 Å². The van der Waals surface area contributed by atoms with E-state index >= 15 is 0 Å². The molecule has 16 heavy (non-hydrogen) atoms. The molecule has 1 aliphatic carbocycles. The zero-order valence-corrected chi connectivity index (χ0v) is 8.64. The van der Waals surface area contributed by atoms with Gasteiger partial charge in [0.25, 0.3) is 0 Å². The van der Waals surface area contributed by atoms with Crippen LogP contribution in [0.4, 0.5) is 5.82 Å². The van der Waals surface area contributed by atoms with Crippen LogP contribution in [0.5, 0.6) is 5.75 Å². The molecule has 5 heteroatoms. The molecule has 0 bridgehead atoms. The van der Waals surface area contributed by atoms with Crippen LogP contribution in [-0.4, -0.2) is 15.1 Å². The normalized spacial score (nSPS) is 15.3. The van der Waals surface area contributed by atoms with E-state index in [2.05, 4.69) is 15.4 Å². The Kier molecular flexibility index (Phi) is 1.94. The molecule has 0 spiro atoms. The molecule has 2 aromatic rings. The van der Waals surface area contributed by atoms with Crippen LogP contribution in [0, 0.1) is 0 Å². The third-order valence-corrected chi connectivity index (χ3v) is 2.78. The van der Waals surface area contributed by atoms with E-state index in [1.54, 1.807) is 18.2 Å². The van der Waals surface area contributed by atoms with Gasteiger partial charge in [-0.15, -0.1) is 0 Å². The van der Waals surface area contributed by atoms with Crippen molar-refractivity contribution in [2.45, 2.75) is 18.8 Å². The number of nitrogens with two attached hydrogens (primary N) is 1. The number of fused-ring (bicyclic) bond motifs is 1. The maximum absolute atomic E-state index is 9.42. The molecule has 1 saturated carbocycles. The molecule has 5 nitrogen and oxygen atoms in total. The topological polar surface area (TPSA) is 84.1 Å². The van der Waals surface area contributed by atoms with Crippen LogP contribution in [0.15, 0.2) is 18.2 Å². The summed E-state index contributed by atoms with van der Waals surface area (Å²) >= 11 is 0.